The smallest absolute Gasteiger partial charge is 0.309 e. The van der Waals surface area contributed by atoms with E-state index in [-0.39, 0.29) is 6.42 Å². The van der Waals surface area contributed by atoms with E-state index in [9.17, 15) is 4.79 Å². The highest BCUT2D eigenvalue weighted by Crippen LogP contribution is 2.33. The normalized spacial score (nSPS) is 10.5. The molecule has 0 amide bonds. The van der Waals surface area contributed by atoms with E-state index in [1.807, 2.05) is 12.1 Å². The predicted molar refractivity (Wildman–Crippen MR) is 64.5 cm³/mol. The number of hydrogen-bond donors (Lipinski definition) is 1. The number of thiazole rings is 1. The number of carbonyl (C=O) groups is 1. The molecule has 1 N–H and O–H groups in total. The Labute approximate surface area is 103 Å². The van der Waals surface area contributed by atoms with Crippen molar-refractivity contribution in [2.24, 2.45) is 0 Å². The van der Waals surface area contributed by atoms with Gasteiger partial charge in [0.2, 0.25) is 0 Å². The van der Waals surface area contributed by atoms with Gasteiger partial charge < -0.3 is 5.11 Å². The number of halogens is 1. The molecule has 0 radical (unpaired) electrons. The van der Waals surface area contributed by atoms with Gasteiger partial charge in [0.25, 0.3) is 0 Å². The van der Waals surface area contributed by atoms with Crippen LogP contribution >= 0.6 is 38.6 Å². The largest absolute Gasteiger partial charge is 0.481 e. The molecule has 0 aliphatic rings. The summed E-state index contributed by atoms with van der Waals surface area (Å²) in [7, 11) is 0. The number of rotatable bonds is 3. The lowest BCUT2D eigenvalue weighted by atomic mass is 10.3. The second kappa shape index (κ2) is 4.42. The molecule has 0 aliphatic carbocycles. The first-order valence-electron chi connectivity index (χ1n) is 4.07. The molecule has 2 rings (SSSR count). The van der Waals surface area contributed by atoms with Crippen LogP contribution in [0, 0.1) is 0 Å². The molecule has 0 bridgehead atoms. The zero-order valence-electron chi connectivity index (χ0n) is 7.44. The zero-order chi connectivity index (χ0) is 10.8. The van der Waals surface area contributed by atoms with E-state index in [0.29, 0.717) is 5.69 Å². The first-order valence-corrected chi connectivity index (χ1v) is 6.56. The highest BCUT2D eigenvalue weighted by Gasteiger charge is 2.09. The fourth-order valence-electron chi connectivity index (χ4n) is 1.09. The lowest BCUT2D eigenvalue weighted by Gasteiger charge is -1.88. The molecule has 0 aromatic carbocycles. The van der Waals surface area contributed by atoms with Gasteiger partial charge in [-0.15, -0.1) is 22.7 Å². The molecule has 15 heavy (non-hydrogen) atoms. The number of carboxylic acids is 1. The van der Waals surface area contributed by atoms with E-state index in [1.165, 1.54) is 11.3 Å². The maximum atomic E-state index is 10.5. The summed E-state index contributed by atoms with van der Waals surface area (Å²) in [6.45, 7) is 0. The highest BCUT2D eigenvalue weighted by molar-refractivity contribution is 9.11. The zero-order valence-corrected chi connectivity index (χ0v) is 10.7. The number of hydrogen-bond acceptors (Lipinski definition) is 4. The quantitative estimate of drug-likeness (QED) is 0.947. The maximum absolute atomic E-state index is 10.5. The second-order valence-corrected chi connectivity index (χ2v) is 6.14. The molecule has 6 heteroatoms. The lowest BCUT2D eigenvalue weighted by molar-refractivity contribution is -0.136. The van der Waals surface area contributed by atoms with Gasteiger partial charge >= 0.3 is 5.97 Å². The van der Waals surface area contributed by atoms with E-state index in [1.54, 1.807) is 16.7 Å². The molecule has 0 atom stereocenters. The molecule has 0 unspecified atom stereocenters. The van der Waals surface area contributed by atoms with Crippen LogP contribution in [0.4, 0.5) is 0 Å². The molecule has 2 heterocycles. The van der Waals surface area contributed by atoms with Crippen LogP contribution in [0.5, 0.6) is 0 Å². The minimum Gasteiger partial charge on any atom is -0.481 e. The predicted octanol–water partition coefficient (Wildman–Crippen LogP) is 3.26. The van der Waals surface area contributed by atoms with E-state index >= 15 is 0 Å². The summed E-state index contributed by atoms with van der Waals surface area (Å²) < 4.78 is 1.05. The first-order chi connectivity index (χ1) is 7.15. The second-order valence-electron chi connectivity index (χ2n) is 2.82. The van der Waals surface area contributed by atoms with Crippen molar-refractivity contribution in [3.63, 3.8) is 0 Å². The Balaban J connectivity index is 2.23. The van der Waals surface area contributed by atoms with Crippen molar-refractivity contribution in [3.05, 3.63) is 27.0 Å². The molecule has 2 aromatic heterocycles. The van der Waals surface area contributed by atoms with Crippen molar-refractivity contribution >= 4 is 44.6 Å². The number of thiophene rings is 1. The lowest BCUT2D eigenvalue weighted by Crippen LogP contribution is -1.99. The molecular formula is C9H6BrNO2S2. The summed E-state index contributed by atoms with van der Waals surface area (Å²) in [4.78, 5) is 15.8. The van der Waals surface area contributed by atoms with E-state index in [0.717, 1.165) is 13.7 Å². The molecule has 0 aliphatic heterocycles. The first kappa shape index (κ1) is 10.8. The van der Waals surface area contributed by atoms with Gasteiger partial charge in [-0.05, 0) is 28.1 Å². The van der Waals surface area contributed by atoms with Crippen LogP contribution in [0.25, 0.3) is 9.88 Å². The van der Waals surface area contributed by atoms with Gasteiger partial charge in [-0.2, -0.15) is 0 Å². The fourth-order valence-corrected chi connectivity index (χ4v) is 3.36. The van der Waals surface area contributed by atoms with Crippen LogP contribution < -0.4 is 0 Å². The molecule has 78 valence electrons. The third-order valence-electron chi connectivity index (χ3n) is 1.67. The summed E-state index contributed by atoms with van der Waals surface area (Å²) in [5.41, 5.74) is 0.618. The minimum absolute atomic E-state index is 0.0109. The van der Waals surface area contributed by atoms with E-state index in [2.05, 4.69) is 20.9 Å². The third kappa shape index (κ3) is 2.64. The molecule has 0 saturated carbocycles. The Hall–Kier alpha value is -0.720. The average Bonchev–Trinajstić information content (AvgIpc) is 2.72. The van der Waals surface area contributed by atoms with Gasteiger partial charge in [-0.3, -0.25) is 4.79 Å². The maximum Gasteiger partial charge on any atom is 0.309 e. The van der Waals surface area contributed by atoms with Crippen LogP contribution in [-0.2, 0) is 11.2 Å². The molecule has 0 saturated heterocycles. The van der Waals surface area contributed by atoms with Crippen molar-refractivity contribution in [2.45, 2.75) is 6.42 Å². The van der Waals surface area contributed by atoms with Crippen molar-refractivity contribution in [2.75, 3.05) is 0 Å². The average molecular weight is 304 g/mol. The topological polar surface area (TPSA) is 50.2 Å². The Morgan fingerprint density at radius 2 is 2.33 bits per heavy atom. The molecule has 0 fully saturated rings. The Kier molecular flexibility index (Phi) is 3.18. The van der Waals surface area contributed by atoms with Crippen molar-refractivity contribution in [1.82, 2.24) is 4.98 Å². The molecule has 0 spiro atoms. The third-order valence-corrected chi connectivity index (χ3v) is 4.35. The summed E-state index contributed by atoms with van der Waals surface area (Å²) in [5.74, 6) is -0.848. The summed E-state index contributed by atoms with van der Waals surface area (Å²) in [6, 6.07) is 3.93. The number of aromatic nitrogens is 1. The number of carboxylic acid groups (broad SMARTS) is 1. The Morgan fingerprint density at radius 1 is 1.53 bits per heavy atom. The van der Waals surface area contributed by atoms with Gasteiger partial charge in [-0.25, -0.2) is 4.98 Å². The van der Waals surface area contributed by atoms with Gasteiger partial charge in [0.05, 0.1) is 20.8 Å². The highest BCUT2D eigenvalue weighted by atomic mass is 79.9. The Morgan fingerprint density at radius 3 is 2.93 bits per heavy atom. The van der Waals surface area contributed by atoms with Crippen LogP contribution in [0.2, 0.25) is 0 Å². The van der Waals surface area contributed by atoms with Crippen LogP contribution in [0.3, 0.4) is 0 Å². The van der Waals surface area contributed by atoms with Crippen molar-refractivity contribution in [3.8, 4) is 9.88 Å². The van der Waals surface area contributed by atoms with Crippen LogP contribution in [0.1, 0.15) is 5.69 Å². The van der Waals surface area contributed by atoms with Crippen LogP contribution in [-0.4, -0.2) is 16.1 Å². The van der Waals surface area contributed by atoms with Crippen LogP contribution in [0.15, 0.2) is 21.3 Å². The van der Waals surface area contributed by atoms with E-state index in [4.69, 9.17) is 5.11 Å². The van der Waals surface area contributed by atoms with Gasteiger partial charge in [-0.1, -0.05) is 0 Å². The summed E-state index contributed by atoms with van der Waals surface area (Å²) >= 11 is 6.44. The van der Waals surface area contributed by atoms with Gasteiger partial charge in [0.1, 0.15) is 5.01 Å². The van der Waals surface area contributed by atoms with E-state index < -0.39 is 5.97 Å². The molecule has 3 nitrogen and oxygen atoms in total. The van der Waals surface area contributed by atoms with Crippen molar-refractivity contribution in [1.29, 1.82) is 0 Å². The SMILES string of the molecule is O=C(O)Cc1csc(-c2ccc(Br)s2)n1. The summed E-state index contributed by atoms with van der Waals surface area (Å²) in [5, 5.41) is 11.3. The van der Waals surface area contributed by atoms with Crippen molar-refractivity contribution < 1.29 is 9.90 Å². The minimum atomic E-state index is -0.848. The molecular weight excluding hydrogens is 298 g/mol. The standard InChI is InChI=1S/C9H6BrNO2S2/c10-7-2-1-6(15-7)9-11-5(4-14-9)3-8(12)13/h1-2,4H,3H2,(H,12,13). The molecule has 2 aromatic rings. The fraction of sp³-hybridized carbons (Fsp3) is 0.111. The van der Waals surface area contributed by atoms with Gasteiger partial charge in [0.15, 0.2) is 0 Å². The number of nitrogens with zero attached hydrogens (tertiary/aromatic N) is 1. The monoisotopic (exact) mass is 303 g/mol. The summed E-state index contributed by atoms with van der Waals surface area (Å²) in [6.07, 6.45) is -0.0109. The van der Waals surface area contributed by atoms with Gasteiger partial charge in [0, 0.05) is 5.38 Å². The Bertz CT molecular complexity index is 492. The number of aliphatic carboxylic acids is 1.